The third-order valence-corrected chi connectivity index (χ3v) is 4.06. The number of hydrogen-bond donors (Lipinski definition) is 0. The van der Waals surface area contributed by atoms with Crippen molar-refractivity contribution in [2.45, 2.75) is 19.6 Å². The minimum Gasteiger partial charge on any atom is -0.475 e. The largest absolute Gasteiger partial charge is 0.475 e. The van der Waals surface area contributed by atoms with Crippen molar-refractivity contribution in [2.75, 3.05) is 6.61 Å². The van der Waals surface area contributed by atoms with Gasteiger partial charge in [-0.15, -0.1) is 0 Å². The molecular formula is C18H14F3N3O2. The third kappa shape index (κ3) is 2.87. The van der Waals surface area contributed by atoms with E-state index in [1.54, 1.807) is 16.9 Å². The number of rotatable bonds is 3. The molecule has 2 aromatic heterocycles. The summed E-state index contributed by atoms with van der Waals surface area (Å²) in [6.45, 7) is 3.08. The number of fused-ring (bicyclic) bond motifs is 1. The molecule has 134 valence electrons. The molecule has 5 nitrogen and oxygen atoms in total. The van der Waals surface area contributed by atoms with Crippen molar-refractivity contribution in [3.63, 3.8) is 0 Å². The van der Waals surface area contributed by atoms with Gasteiger partial charge in [0.1, 0.15) is 12.4 Å². The normalized spacial score (nSPS) is 13.4. The van der Waals surface area contributed by atoms with Gasteiger partial charge in [0.25, 0.3) is 0 Å². The number of ether oxygens (including phenoxy) is 2. The molecule has 4 rings (SSSR count). The molecule has 1 aliphatic heterocycles. The zero-order chi connectivity index (χ0) is 18.3. The Morgan fingerprint density at radius 1 is 1.15 bits per heavy atom. The fourth-order valence-electron chi connectivity index (χ4n) is 2.88. The minimum atomic E-state index is -4.39. The Labute approximate surface area is 147 Å². The van der Waals surface area contributed by atoms with E-state index in [2.05, 4.69) is 10.1 Å². The molecule has 0 saturated carbocycles. The second-order valence-electron chi connectivity index (χ2n) is 5.82. The fourth-order valence-corrected chi connectivity index (χ4v) is 2.88. The smallest absolute Gasteiger partial charge is 0.416 e. The Kier molecular flexibility index (Phi) is 3.82. The Hall–Kier alpha value is -3.03. The lowest BCUT2D eigenvalue weighted by Crippen LogP contribution is -2.04. The van der Waals surface area contributed by atoms with Crippen LogP contribution in [0.15, 0.2) is 42.6 Å². The average molecular weight is 361 g/mol. The first-order chi connectivity index (χ1) is 12.4. The summed E-state index contributed by atoms with van der Waals surface area (Å²) in [5.41, 5.74) is 1.49. The van der Waals surface area contributed by atoms with Crippen LogP contribution in [0.4, 0.5) is 13.2 Å². The second kappa shape index (κ2) is 6.05. The van der Waals surface area contributed by atoms with E-state index in [9.17, 15) is 13.2 Å². The topological polar surface area (TPSA) is 49.2 Å². The van der Waals surface area contributed by atoms with E-state index in [1.807, 2.05) is 13.0 Å². The van der Waals surface area contributed by atoms with Gasteiger partial charge >= 0.3 is 6.18 Å². The number of halogens is 3. The van der Waals surface area contributed by atoms with E-state index < -0.39 is 11.7 Å². The summed E-state index contributed by atoms with van der Waals surface area (Å²) in [7, 11) is 0. The highest BCUT2D eigenvalue weighted by molar-refractivity contribution is 5.75. The minimum absolute atomic E-state index is 0.264. The van der Waals surface area contributed by atoms with Crippen LogP contribution >= 0.6 is 0 Å². The molecule has 3 heterocycles. The van der Waals surface area contributed by atoms with Crippen LogP contribution in [-0.2, 0) is 12.7 Å². The molecule has 0 fully saturated rings. The average Bonchev–Trinajstić information content (AvgIpc) is 3.15. The van der Waals surface area contributed by atoms with Crippen molar-refractivity contribution in [3.8, 4) is 28.6 Å². The molecule has 8 heteroatoms. The third-order valence-electron chi connectivity index (χ3n) is 4.06. The maximum absolute atomic E-state index is 12.7. The van der Waals surface area contributed by atoms with E-state index in [4.69, 9.17) is 9.47 Å². The quantitative estimate of drug-likeness (QED) is 0.691. The Morgan fingerprint density at radius 3 is 2.65 bits per heavy atom. The van der Waals surface area contributed by atoms with E-state index >= 15 is 0 Å². The Balaban J connectivity index is 1.69. The van der Waals surface area contributed by atoms with Crippen molar-refractivity contribution in [1.29, 1.82) is 0 Å². The van der Waals surface area contributed by atoms with Crippen molar-refractivity contribution in [1.82, 2.24) is 14.8 Å². The van der Waals surface area contributed by atoms with E-state index in [1.165, 1.54) is 12.1 Å². The van der Waals surface area contributed by atoms with Crippen LogP contribution in [0, 0.1) is 6.92 Å². The highest BCUT2D eigenvalue weighted by Gasteiger charge is 2.30. The Bertz CT molecular complexity index is 949. The van der Waals surface area contributed by atoms with Gasteiger partial charge in [-0.25, -0.2) is 9.67 Å². The van der Waals surface area contributed by atoms with Crippen LogP contribution in [0.2, 0.25) is 0 Å². The van der Waals surface area contributed by atoms with Crippen molar-refractivity contribution in [2.24, 2.45) is 0 Å². The molecular weight excluding hydrogens is 347 g/mol. The summed E-state index contributed by atoms with van der Waals surface area (Å²) in [4.78, 5) is 4.23. The lowest BCUT2D eigenvalue weighted by atomic mass is 10.1. The number of nitrogens with zero attached hydrogens (tertiary/aromatic N) is 3. The molecule has 0 N–H and O–H groups in total. The highest BCUT2D eigenvalue weighted by atomic mass is 19.4. The first-order valence-corrected chi connectivity index (χ1v) is 7.94. The van der Waals surface area contributed by atoms with Gasteiger partial charge in [0, 0.05) is 6.20 Å². The summed E-state index contributed by atoms with van der Waals surface area (Å²) in [5.74, 6) is 1.19. The summed E-state index contributed by atoms with van der Waals surface area (Å²) in [6, 6.07) is 8.07. The summed E-state index contributed by atoms with van der Waals surface area (Å²) < 4.78 is 51.3. The van der Waals surface area contributed by atoms with Gasteiger partial charge in [0.05, 0.1) is 28.9 Å². The number of aryl methyl sites for hydroxylation is 1. The van der Waals surface area contributed by atoms with Gasteiger partial charge in [-0.1, -0.05) is 0 Å². The molecule has 0 bridgehead atoms. The standard InChI is InChI=1S/C18H14F3N3O2/c1-11-15(17-24(23-11)9-10-25-17)14-3-2-8-22-16(14)26-13-6-4-12(5-7-13)18(19,20)21/h2-8H,9-10H2,1H3. The van der Waals surface area contributed by atoms with Crippen LogP contribution in [0.3, 0.4) is 0 Å². The molecule has 0 aliphatic carbocycles. The van der Waals surface area contributed by atoms with Gasteiger partial charge in [-0.05, 0) is 43.3 Å². The number of pyridine rings is 1. The molecule has 0 radical (unpaired) electrons. The first-order valence-electron chi connectivity index (χ1n) is 7.94. The van der Waals surface area contributed by atoms with Crippen LogP contribution in [-0.4, -0.2) is 21.4 Å². The zero-order valence-corrected chi connectivity index (χ0v) is 13.7. The van der Waals surface area contributed by atoms with Crippen molar-refractivity contribution >= 4 is 0 Å². The molecule has 1 aromatic carbocycles. The van der Waals surface area contributed by atoms with Crippen LogP contribution in [0.5, 0.6) is 17.5 Å². The molecule has 0 atom stereocenters. The van der Waals surface area contributed by atoms with Gasteiger partial charge < -0.3 is 9.47 Å². The molecule has 0 spiro atoms. The Morgan fingerprint density at radius 2 is 1.92 bits per heavy atom. The predicted molar refractivity (Wildman–Crippen MR) is 87.2 cm³/mol. The highest BCUT2D eigenvalue weighted by Crippen LogP contribution is 2.40. The number of hydrogen-bond acceptors (Lipinski definition) is 4. The van der Waals surface area contributed by atoms with Crippen LogP contribution < -0.4 is 9.47 Å². The summed E-state index contributed by atoms with van der Waals surface area (Å²) in [6.07, 6.45) is -2.83. The van der Waals surface area contributed by atoms with Crippen molar-refractivity contribution < 1.29 is 22.6 Å². The molecule has 3 aromatic rings. The molecule has 26 heavy (non-hydrogen) atoms. The van der Waals surface area contributed by atoms with Gasteiger partial charge in [0.15, 0.2) is 0 Å². The maximum atomic E-state index is 12.7. The van der Waals surface area contributed by atoms with Gasteiger partial charge in [-0.3, -0.25) is 0 Å². The molecule has 1 aliphatic rings. The first kappa shape index (κ1) is 16.4. The van der Waals surface area contributed by atoms with E-state index in [0.717, 1.165) is 23.4 Å². The monoisotopic (exact) mass is 361 g/mol. The molecule has 0 saturated heterocycles. The van der Waals surface area contributed by atoms with Crippen molar-refractivity contribution in [3.05, 3.63) is 53.9 Å². The predicted octanol–water partition coefficient (Wildman–Crippen LogP) is 4.46. The lowest BCUT2D eigenvalue weighted by Gasteiger charge is -2.11. The van der Waals surface area contributed by atoms with Gasteiger partial charge in [0.2, 0.25) is 11.8 Å². The zero-order valence-electron chi connectivity index (χ0n) is 13.7. The van der Waals surface area contributed by atoms with Gasteiger partial charge in [-0.2, -0.15) is 18.3 Å². The fraction of sp³-hybridized carbons (Fsp3) is 0.222. The summed E-state index contributed by atoms with van der Waals surface area (Å²) >= 11 is 0. The number of benzene rings is 1. The molecule has 0 unspecified atom stereocenters. The SMILES string of the molecule is Cc1nn2c(c1-c1cccnc1Oc1ccc(C(F)(F)F)cc1)OCC2. The maximum Gasteiger partial charge on any atom is 0.416 e. The van der Waals surface area contributed by atoms with E-state index in [-0.39, 0.29) is 11.6 Å². The van der Waals surface area contributed by atoms with Crippen LogP contribution in [0.25, 0.3) is 11.1 Å². The number of alkyl halides is 3. The molecule has 0 amide bonds. The van der Waals surface area contributed by atoms with Crippen LogP contribution in [0.1, 0.15) is 11.3 Å². The lowest BCUT2D eigenvalue weighted by molar-refractivity contribution is -0.137. The second-order valence-corrected chi connectivity index (χ2v) is 5.82. The number of aromatic nitrogens is 3. The van der Waals surface area contributed by atoms with E-state index in [0.29, 0.717) is 24.6 Å². The summed E-state index contributed by atoms with van der Waals surface area (Å²) in [5, 5.41) is 4.44.